The summed E-state index contributed by atoms with van der Waals surface area (Å²) in [7, 11) is 4.18. The SMILES string of the molecule is CCC1=C(\C)CN(C)c2ccccc2/C(NC)=C\1C. The number of para-hydroxylation sites is 1. The molecule has 19 heavy (non-hydrogen) atoms. The fourth-order valence-corrected chi connectivity index (χ4v) is 3.12. The van der Waals surface area contributed by atoms with Crippen LogP contribution in [0.3, 0.4) is 0 Å². The van der Waals surface area contributed by atoms with Crippen LogP contribution in [0.4, 0.5) is 5.69 Å². The van der Waals surface area contributed by atoms with Gasteiger partial charge in [-0.05, 0) is 37.5 Å². The molecular weight excluding hydrogens is 232 g/mol. The molecule has 0 atom stereocenters. The smallest absolute Gasteiger partial charge is 0.0464 e. The summed E-state index contributed by atoms with van der Waals surface area (Å²) in [4.78, 5) is 2.34. The summed E-state index contributed by atoms with van der Waals surface area (Å²) in [6.07, 6.45) is 1.08. The maximum Gasteiger partial charge on any atom is 0.0464 e. The van der Waals surface area contributed by atoms with Crippen molar-refractivity contribution in [2.24, 2.45) is 0 Å². The largest absolute Gasteiger partial charge is 0.387 e. The van der Waals surface area contributed by atoms with Crippen molar-refractivity contribution < 1.29 is 0 Å². The molecule has 0 saturated carbocycles. The second-order valence-corrected chi connectivity index (χ2v) is 5.24. The lowest BCUT2D eigenvalue weighted by Crippen LogP contribution is -2.24. The molecule has 2 heteroatoms. The number of rotatable bonds is 2. The van der Waals surface area contributed by atoms with Crippen molar-refractivity contribution in [2.45, 2.75) is 27.2 Å². The maximum atomic E-state index is 3.40. The molecule has 1 aromatic carbocycles. The van der Waals surface area contributed by atoms with Crippen LogP contribution in [0, 0.1) is 0 Å². The number of benzene rings is 1. The predicted molar refractivity (Wildman–Crippen MR) is 84.4 cm³/mol. The average molecular weight is 256 g/mol. The summed E-state index contributed by atoms with van der Waals surface area (Å²) in [6, 6.07) is 8.62. The minimum Gasteiger partial charge on any atom is -0.387 e. The number of fused-ring (bicyclic) bond motifs is 1. The van der Waals surface area contributed by atoms with E-state index in [1.807, 2.05) is 7.05 Å². The molecule has 1 heterocycles. The highest BCUT2D eigenvalue weighted by atomic mass is 15.1. The third-order valence-corrected chi connectivity index (χ3v) is 4.01. The second kappa shape index (κ2) is 5.52. The van der Waals surface area contributed by atoms with E-state index in [2.05, 4.69) is 62.3 Å². The van der Waals surface area contributed by atoms with Gasteiger partial charge in [0.05, 0.1) is 0 Å². The van der Waals surface area contributed by atoms with E-state index in [0.29, 0.717) is 0 Å². The standard InChI is InChI=1S/C17H24N2/c1-6-14-12(2)11-19(5)16-10-8-7-9-15(16)17(18-4)13(14)3/h7-10,18H,6,11H2,1-5H3/b14-12-,17-13+. The molecular formula is C17H24N2. The molecule has 2 rings (SSSR count). The lowest BCUT2D eigenvalue weighted by atomic mass is 9.92. The van der Waals surface area contributed by atoms with Crippen molar-refractivity contribution in [2.75, 3.05) is 25.5 Å². The Hall–Kier alpha value is -1.70. The second-order valence-electron chi connectivity index (χ2n) is 5.24. The molecule has 1 aromatic rings. The molecule has 0 unspecified atom stereocenters. The first-order valence-electron chi connectivity index (χ1n) is 6.98. The van der Waals surface area contributed by atoms with Crippen LogP contribution in [0.5, 0.6) is 0 Å². The molecule has 102 valence electrons. The number of hydrogen-bond acceptors (Lipinski definition) is 2. The summed E-state index contributed by atoms with van der Waals surface area (Å²) in [5, 5.41) is 3.40. The van der Waals surface area contributed by atoms with Gasteiger partial charge in [0.15, 0.2) is 0 Å². The first-order valence-corrected chi connectivity index (χ1v) is 6.98. The highest BCUT2D eigenvalue weighted by Crippen LogP contribution is 2.34. The zero-order valence-electron chi connectivity index (χ0n) is 12.7. The van der Waals surface area contributed by atoms with Gasteiger partial charge < -0.3 is 10.2 Å². The summed E-state index contributed by atoms with van der Waals surface area (Å²) in [5.41, 5.74) is 8.15. The maximum absolute atomic E-state index is 3.40. The highest BCUT2D eigenvalue weighted by Gasteiger charge is 2.18. The molecule has 0 radical (unpaired) electrons. The first-order chi connectivity index (χ1) is 9.10. The quantitative estimate of drug-likeness (QED) is 0.865. The fraction of sp³-hybridized carbons (Fsp3) is 0.412. The Morgan fingerprint density at radius 3 is 2.53 bits per heavy atom. The number of nitrogens with zero attached hydrogens (tertiary/aromatic N) is 1. The van der Waals surface area contributed by atoms with E-state index in [1.165, 1.54) is 33.7 Å². The summed E-state index contributed by atoms with van der Waals surface area (Å²) < 4.78 is 0. The van der Waals surface area contributed by atoms with Crippen LogP contribution < -0.4 is 10.2 Å². The molecule has 1 N–H and O–H groups in total. The Bertz CT molecular complexity index is 538. The van der Waals surface area contributed by atoms with Crippen LogP contribution in [-0.2, 0) is 0 Å². The Morgan fingerprint density at radius 2 is 1.89 bits per heavy atom. The van der Waals surface area contributed by atoms with E-state index in [4.69, 9.17) is 0 Å². The lowest BCUT2D eigenvalue weighted by Gasteiger charge is -2.29. The third kappa shape index (κ3) is 2.40. The van der Waals surface area contributed by atoms with Gasteiger partial charge in [-0.1, -0.05) is 30.7 Å². The van der Waals surface area contributed by atoms with Crippen LogP contribution in [0.15, 0.2) is 41.0 Å². The number of hydrogen-bond donors (Lipinski definition) is 1. The molecule has 1 aliphatic heterocycles. The third-order valence-electron chi connectivity index (χ3n) is 4.01. The van der Waals surface area contributed by atoms with Crippen molar-refractivity contribution in [1.29, 1.82) is 0 Å². The molecule has 0 bridgehead atoms. The van der Waals surface area contributed by atoms with E-state index >= 15 is 0 Å². The normalized spacial score (nSPS) is 23.7. The molecule has 0 aliphatic carbocycles. The Kier molecular flexibility index (Phi) is 3.98. The van der Waals surface area contributed by atoms with Gasteiger partial charge in [0.2, 0.25) is 0 Å². The van der Waals surface area contributed by atoms with Gasteiger partial charge in [-0.2, -0.15) is 0 Å². The van der Waals surface area contributed by atoms with Crippen molar-refractivity contribution in [3.63, 3.8) is 0 Å². The minimum atomic E-state index is 0.995. The molecule has 0 fully saturated rings. The molecule has 0 amide bonds. The average Bonchev–Trinajstić information content (AvgIpc) is 2.39. The van der Waals surface area contributed by atoms with Crippen molar-refractivity contribution in [1.82, 2.24) is 5.32 Å². The fourth-order valence-electron chi connectivity index (χ4n) is 3.12. The predicted octanol–water partition coefficient (Wildman–Crippen LogP) is 3.81. The molecule has 0 spiro atoms. The summed E-state index contributed by atoms with van der Waals surface area (Å²) in [5.74, 6) is 0. The van der Waals surface area contributed by atoms with Crippen LogP contribution in [0.1, 0.15) is 32.8 Å². The van der Waals surface area contributed by atoms with E-state index < -0.39 is 0 Å². The van der Waals surface area contributed by atoms with E-state index in [1.54, 1.807) is 0 Å². The van der Waals surface area contributed by atoms with Crippen LogP contribution in [0.2, 0.25) is 0 Å². The number of allylic oxidation sites excluding steroid dienone is 2. The van der Waals surface area contributed by atoms with Gasteiger partial charge in [-0.25, -0.2) is 0 Å². The van der Waals surface area contributed by atoms with Gasteiger partial charge in [-0.15, -0.1) is 0 Å². The van der Waals surface area contributed by atoms with Crippen LogP contribution in [0.25, 0.3) is 5.70 Å². The molecule has 2 nitrogen and oxygen atoms in total. The minimum absolute atomic E-state index is 0.995. The molecule has 0 aromatic heterocycles. The van der Waals surface area contributed by atoms with Gasteiger partial charge in [0, 0.05) is 37.6 Å². The molecule has 1 aliphatic rings. The van der Waals surface area contributed by atoms with Crippen molar-refractivity contribution in [3.05, 3.63) is 46.5 Å². The van der Waals surface area contributed by atoms with Gasteiger partial charge in [-0.3, -0.25) is 0 Å². The lowest BCUT2D eigenvalue weighted by molar-refractivity contribution is 0.924. The number of anilines is 1. The zero-order chi connectivity index (χ0) is 14.0. The van der Waals surface area contributed by atoms with Crippen molar-refractivity contribution >= 4 is 11.4 Å². The highest BCUT2D eigenvalue weighted by molar-refractivity contribution is 5.80. The topological polar surface area (TPSA) is 15.3 Å². The molecule has 0 saturated heterocycles. The van der Waals surface area contributed by atoms with Gasteiger partial charge >= 0.3 is 0 Å². The summed E-state index contributed by atoms with van der Waals surface area (Å²) in [6.45, 7) is 7.72. The Labute approximate surface area is 116 Å². The number of nitrogens with one attached hydrogen (secondary N) is 1. The van der Waals surface area contributed by atoms with E-state index in [0.717, 1.165) is 13.0 Å². The number of likely N-dealkylation sites (N-methyl/N-ethyl adjacent to an activating group) is 1. The van der Waals surface area contributed by atoms with Gasteiger partial charge in [0.25, 0.3) is 0 Å². The van der Waals surface area contributed by atoms with Crippen molar-refractivity contribution in [3.8, 4) is 0 Å². The van der Waals surface area contributed by atoms with Crippen LogP contribution in [-0.4, -0.2) is 20.6 Å². The zero-order valence-corrected chi connectivity index (χ0v) is 12.7. The summed E-state index contributed by atoms with van der Waals surface area (Å²) >= 11 is 0. The monoisotopic (exact) mass is 256 g/mol. The van der Waals surface area contributed by atoms with E-state index in [9.17, 15) is 0 Å². The van der Waals surface area contributed by atoms with E-state index in [-0.39, 0.29) is 0 Å². The van der Waals surface area contributed by atoms with Gasteiger partial charge in [0.1, 0.15) is 0 Å². The van der Waals surface area contributed by atoms with Crippen LogP contribution >= 0.6 is 0 Å². The first kappa shape index (κ1) is 13.7. The Balaban J connectivity index is 2.73. The Morgan fingerprint density at radius 1 is 1.21 bits per heavy atom.